The molecule has 0 atom stereocenters. The monoisotopic (exact) mass is 521 g/mol. The highest BCUT2D eigenvalue weighted by atomic mass is 35.5. The average molecular weight is 522 g/mol. The molecule has 0 amide bonds. The van der Waals surface area contributed by atoms with Gasteiger partial charge in [-0.05, 0) is 72.5 Å². The number of nitrogens with zero attached hydrogens (tertiary/aromatic N) is 1. The maximum atomic E-state index is 11.0. The van der Waals surface area contributed by atoms with E-state index in [1.54, 1.807) is 42.5 Å². The predicted molar refractivity (Wildman–Crippen MR) is 144 cm³/mol. The summed E-state index contributed by atoms with van der Waals surface area (Å²) in [5.74, 6) is 0.516. The number of carboxylic acid groups (broad SMARTS) is 1. The van der Waals surface area contributed by atoms with Crippen molar-refractivity contribution in [2.75, 3.05) is 0 Å². The summed E-state index contributed by atoms with van der Waals surface area (Å²) < 4.78 is 11.8. The van der Waals surface area contributed by atoms with Crippen LogP contribution in [0.15, 0.2) is 59.1 Å². The van der Waals surface area contributed by atoms with Crippen molar-refractivity contribution in [1.29, 1.82) is 0 Å². The average Bonchev–Trinajstić information content (AvgIpc) is 3.25. The van der Waals surface area contributed by atoms with Crippen LogP contribution in [0.4, 0.5) is 0 Å². The summed E-state index contributed by atoms with van der Waals surface area (Å²) in [4.78, 5) is 11.0. The summed E-state index contributed by atoms with van der Waals surface area (Å²) in [5, 5.41) is 14.3. The van der Waals surface area contributed by atoms with E-state index in [4.69, 9.17) is 37.6 Å². The molecule has 3 aromatic carbocycles. The van der Waals surface area contributed by atoms with Crippen LogP contribution in [-0.4, -0.2) is 16.2 Å². The number of rotatable bonds is 8. The van der Waals surface area contributed by atoms with Crippen LogP contribution in [0.25, 0.3) is 23.4 Å². The van der Waals surface area contributed by atoms with E-state index in [0.717, 1.165) is 39.3 Å². The molecule has 0 aliphatic rings. The van der Waals surface area contributed by atoms with Crippen molar-refractivity contribution < 1.29 is 19.2 Å². The number of carboxylic acids is 1. The van der Waals surface area contributed by atoms with Crippen molar-refractivity contribution >= 4 is 41.3 Å². The van der Waals surface area contributed by atoms with Gasteiger partial charge in [-0.1, -0.05) is 65.6 Å². The molecule has 184 valence electrons. The fourth-order valence-electron chi connectivity index (χ4n) is 4.04. The molecule has 0 saturated heterocycles. The second-order valence-corrected chi connectivity index (χ2v) is 9.22. The largest absolute Gasteiger partial charge is 0.489 e. The summed E-state index contributed by atoms with van der Waals surface area (Å²) in [6, 6.07) is 16.1. The Morgan fingerprint density at radius 3 is 2.25 bits per heavy atom. The molecule has 5 nitrogen and oxygen atoms in total. The molecule has 0 aliphatic heterocycles. The Kier molecular flexibility index (Phi) is 7.82. The smallest absolute Gasteiger partial charge is 0.335 e. The second-order valence-electron chi connectivity index (χ2n) is 8.40. The van der Waals surface area contributed by atoms with Crippen molar-refractivity contribution in [2.24, 2.45) is 0 Å². The van der Waals surface area contributed by atoms with Gasteiger partial charge in [0.1, 0.15) is 23.8 Å². The lowest BCUT2D eigenvalue weighted by molar-refractivity contribution is 0.0697. The van der Waals surface area contributed by atoms with Crippen LogP contribution >= 0.6 is 23.2 Å². The molecular weight excluding hydrogens is 497 g/mol. The molecule has 0 spiro atoms. The zero-order chi connectivity index (χ0) is 25.8. The maximum Gasteiger partial charge on any atom is 0.335 e. The van der Waals surface area contributed by atoms with Crippen molar-refractivity contribution in [3.63, 3.8) is 0 Å². The van der Waals surface area contributed by atoms with Gasteiger partial charge in [0.15, 0.2) is 0 Å². The van der Waals surface area contributed by atoms with Crippen molar-refractivity contribution in [1.82, 2.24) is 5.16 Å². The van der Waals surface area contributed by atoms with Crippen molar-refractivity contribution in [3.05, 3.63) is 104 Å². The number of ether oxygens (including phenoxy) is 1. The maximum absolute atomic E-state index is 11.0. The van der Waals surface area contributed by atoms with Crippen LogP contribution in [0.1, 0.15) is 50.9 Å². The minimum Gasteiger partial charge on any atom is -0.489 e. The van der Waals surface area contributed by atoms with Crippen LogP contribution in [0.5, 0.6) is 5.75 Å². The fourth-order valence-corrected chi connectivity index (χ4v) is 4.62. The Morgan fingerprint density at radius 1 is 1.03 bits per heavy atom. The van der Waals surface area contributed by atoms with E-state index in [-0.39, 0.29) is 12.2 Å². The van der Waals surface area contributed by atoms with Crippen molar-refractivity contribution in [2.45, 2.75) is 33.8 Å². The Labute approximate surface area is 219 Å². The lowest BCUT2D eigenvalue weighted by Gasteiger charge is -2.12. The zero-order valence-corrected chi connectivity index (χ0v) is 21.7. The molecule has 4 rings (SSSR count). The highest BCUT2D eigenvalue weighted by molar-refractivity contribution is 6.39. The fraction of sp³-hybridized carbons (Fsp3) is 0.172. The molecule has 4 aromatic rings. The number of halogens is 2. The van der Waals surface area contributed by atoms with Gasteiger partial charge in [-0.25, -0.2) is 4.79 Å². The van der Waals surface area contributed by atoms with Gasteiger partial charge >= 0.3 is 5.97 Å². The number of hydrogen-bond acceptors (Lipinski definition) is 4. The molecule has 0 radical (unpaired) electrons. The van der Waals surface area contributed by atoms with E-state index in [1.165, 1.54) is 0 Å². The third-order valence-electron chi connectivity index (χ3n) is 5.94. The molecule has 0 saturated carbocycles. The minimum absolute atomic E-state index is 0.257. The third-order valence-corrected chi connectivity index (χ3v) is 6.57. The quantitative estimate of drug-likeness (QED) is 0.236. The lowest BCUT2D eigenvalue weighted by Crippen LogP contribution is -2.01. The van der Waals surface area contributed by atoms with Crippen molar-refractivity contribution in [3.8, 4) is 17.0 Å². The Bertz CT molecular complexity index is 1400. The number of aryl methyl sites for hydroxylation is 3. The summed E-state index contributed by atoms with van der Waals surface area (Å²) in [6.07, 6.45) is 4.64. The lowest BCUT2D eigenvalue weighted by atomic mass is 10.0. The Morgan fingerprint density at radius 2 is 1.67 bits per heavy atom. The minimum atomic E-state index is -0.938. The molecule has 7 heteroatoms. The highest BCUT2D eigenvalue weighted by Gasteiger charge is 2.21. The number of hydrogen-bond donors (Lipinski definition) is 1. The van der Waals surface area contributed by atoms with Crippen LogP contribution < -0.4 is 4.74 Å². The number of aromatic nitrogens is 1. The Balaban J connectivity index is 1.56. The standard InChI is InChI=1S/C29H25Cl2NO4/c1-4-26-23(28(32-36-26)27-24(30)6-5-7-25(27)31)16-35-21-14-17(2)22(18(3)15-21)13-10-19-8-11-20(12-9-19)29(33)34/h5-15H,4,16H2,1-3H3,(H,33,34)/b13-10+. The second kappa shape index (κ2) is 11.0. The van der Waals surface area contributed by atoms with Gasteiger partial charge in [-0.15, -0.1) is 0 Å². The topological polar surface area (TPSA) is 72.6 Å². The molecule has 1 N–H and O–H groups in total. The van der Waals surface area contributed by atoms with Gasteiger partial charge in [0.05, 0.1) is 21.2 Å². The van der Waals surface area contributed by atoms with Gasteiger partial charge in [0.25, 0.3) is 0 Å². The molecule has 1 aromatic heterocycles. The Hall–Kier alpha value is -3.54. The van der Waals surface area contributed by atoms with Gasteiger partial charge < -0.3 is 14.4 Å². The van der Waals surface area contributed by atoms with Crippen LogP contribution in [0.2, 0.25) is 10.0 Å². The number of carbonyl (C=O) groups is 1. The molecule has 0 fully saturated rings. The van der Waals surface area contributed by atoms with E-state index >= 15 is 0 Å². The third kappa shape index (κ3) is 5.48. The predicted octanol–water partition coefficient (Wildman–Crippen LogP) is 8.28. The van der Waals surface area contributed by atoms with E-state index in [0.29, 0.717) is 27.7 Å². The first-order valence-corrected chi connectivity index (χ1v) is 12.2. The van der Waals surface area contributed by atoms with Gasteiger partial charge in [0.2, 0.25) is 0 Å². The molecule has 0 aliphatic carbocycles. The van der Waals surface area contributed by atoms with Crippen LogP contribution in [-0.2, 0) is 13.0 Å². The highest BCUT2D eigenvalue weighted by Crippen LogP contribution is 2.37. The summed E-state index contributed by atoms with van der Waals surface area (Å²) in [7, 11) is 0. The van der Waals surface area contributed by atoms with E-state index in [2.05, 4.69) is 5.16 Å². The van der Waals surface area contributed by atoms with E-state index < -0.39 is 5.97 Å². The normalized spacial score (nSPS) is 11.2. The summed E-state index contributed by atoms with van der Waals surface area (Å²) >= 11 is 12.8. The SMILES string of the molecule is CCc1onc(-c2c(Cl)cccc2Cl)c1COc1cc(C)c(/C=C/c2ccc(C(=O)O)cc2)c(C)c1. The van der Waals surface area contributed by atoms with Gasteiger partial charge in [-0.2, -0.15) is 0 Å². The molecule has 1 heterocycles. The zero-order valence-electron chi connectivity index (χ0n) is 20.1. The molecule has 0 unspecified atom stereocenters. The summed E-state index contributed by atoms with van der Waals surface area (Å²) in [6.45, 7) is 6.30. The first-order valence-electron chi connectivity index (χ1n) is 11.5. The number of aromatic carboxylic acids is 1. The van der Waals surface area contributed by atoms with Gasteiger partial charge in [-0.3, -0.25) is 0 Å². The molecular formula is C29H25Cl2NO4. The van der Waals surface area contributed by atoms with Crippen LogP contribution in [0.3, 0.4) is 0 Å². The first-order chi connectivity index (χ1) is 17.3. The first kappa shape index (κ1) is 25.5. The number of benzene rings is 3. The molecule has 0 bridgehead atoms. The molecule has 36 heavy (non-hydrogen) atoms. The van der Waals surface area contributed by atoms with Crippen LogP contribution in [0, 0.1) is 13.8 Å². The summed E-state index contributed by atoms with van der Waals surface area (Å²) in [5.41, 5.74) is 6.41. The van der Waals surface area contributed by atoms with Gasteiger partial charge in [0, 0.05) is 12.0 Å². The van der Waals surface area contributed by atoms with E-state index in [1.807, 2.05) is 45.1 Å². The van der Waals surface area contributed by atoms with E-state index in [9.17, 15) is 4.79 Å².